The largest absolute Gasteiger partial charge is 0.479 e. The van der Waals surface area contributed by atoms with Crippen molar-refractivity contribution in [2.24, 2.45) is 0 Å². The van der Waals surface area contributed by atoms with Crippen molar-refractivity contribution in [2.45, 2.75) is 5.60 Å². The van der Waals surface area contributed by atoms with Crippen LogP contribution in [0.15, 0.2) is 48.5 Å². The van der Waals surface area contributed by atoms with Crippen molar-refractivity contribution in [3.8, 4) is 5.75 Å². The third-order valence-corrected chi connectivity index (χ3v) is 3.64. The highest BCUT2D eigenvalue weighted by Gasteiger charge is 2.49. The van der Waals surface area contributed by atoms with Crippen LogP contribution < -0.4 is 4.74 Å². The monoisotopic (exact) mass is 305 g/mol. The first-order valence-electron chi connectivity index (χ1n) is 6.67. The summed E-state index contributed by atoms with van der Waals surface area (Å²) < 4.78 is 32.2. The molecule has 22 heavy (non-hydrogen) atoms. The smallest absolute Gasteiger partial charge is 0.407 e. The second-order valence-corrected chi connectivity index (χ2v) is 5.20. The molecule has 2 aromatic rings. The molecule has 0 saturated carbocycles. The number of likely N-dealkylation sites (tertiary alicyclic amines) is 1. The Labute approximate surface area is 125 Å². The number of carbonyl (C=O) groups is 1. The van der Waals surface area contributed by atoms with E-state index in [-0.39, 0.29) is 18.9 Å². The first-order chi connectivity index (χ1) is 10.5. The molecule has 2 aromatic carbocycles. The van der Waals surface area contributed by atoms with Gasteiger partial charge in [-0.1, -0.05) is 18.2 Å². The van der Waals surface area contributed by atoms with E-state index in [0.717, 1.165) is 0 Å². The maximum atomic E-state index is 13.3. The van der Waals surface area contributed by atoms with Gasteiger partial charge in [-0.05, 0) is 29.8 Å². The Morgan fingerprint density at radius 2 is 1.77 bits per heavy atom. The van der Waals surface area contributed by atoms with E-state index in [0.29, 0.717) is 11.3 Å². The minimum Gasteiger partial charge on any atom is -0.479 e. The molecule has 0 spiro atoms. The number of carboxylic acid groups (broad SMARTS) is 1. The standard InChI is InChI=1S/C16H13F2NO3/c17-12-6-4-11(5-7-12)16(9-19(10-16)15(20)21)22-14-3-1-2-13(18)8-14/h1-8H,9-10H2,(H,20,21). The van der Waals surface area contributed by atoms with E-state index in [1.807, 2.05) is 0 Å². The average molecular weight is 305 g/mol. The number of ether oxygens (including phenoxy) is 1. The van der Waals surface area contributed by atoms with Crippen LogP contribution in [-0.2, 0) is 5.60 Å². The highest BCUT2D eigenvalue weighted by Crippen LogP contribution is 2.37. The lowest BCUT2D eigenvalue weighted by Gasteiger charge is -2.48. The summed E-state index contributed by atoms with van der Waals surface area (Å²) in [5, 5.41) is 9.02. The predicted octanol–water partition coefficient (Wildman–Crippen LogP) is 3.23. The summed E-state index contributed by atoms with van der Waals surface area (Å²) in [6, 6.07) is 11.3. The van der Waals surface area contributed by atoms with Gasteiger partial charge in [-0.2, -0.15) is 0 Å². The number of hydrogen-bond acceptors (Lipinski definition) is 2. The van der Waals surface area contributed by atoms with E-state index >= 15 is 0 Å². The first kappa shape index (κ1) is 14.3. The minimum atomic E-state index is -1.06. The van der Waals surface area contributed by atoms with Crippen LogP contribution in [0.5, 0.6) is 5.75 Å². The van der Waals surface area contributed by atoms with E-state index in [1.54, 1.807) is 18.2 Å². The Morgan fingerprint density at radius 3 is 2.36 bits per heavy atom. The van der Waals surface area contributed by atoms with Crippen LogP contribution in [0.1, 0.15) is 5.56 Å². The molecule has 0 aliphatic carbocycles. The Bertz CT molecular complexity index is 697. The van der Waals surface area contributed by atoms with Gasteiger partial charge in [0.25, 0.3) is 0 Å². The molecule has 3 rings (SSSR count). The lowest BCUT2D eigenvalue weighted by Crippen LogP contribution is -2.63. The van der Waals surface area contributed by atoms with Gasteiger partial charge in [-0.25, -0.2) is 13.6 Å². The molecule has 1 aliphatic rings. The van der Waals surface area contributed by atoms with Crippen LogP contribution in [0.2, 0.25) is 0 Å². The lowest BCUT2D eigenvalue weighted by atomic mass is 9.86. The van der Waals surface area contributed by atoms with Gasteiger partial charge in [0.2, 0.25) is 0 Å². The highest BCUT2D eigenvalue weighted by molar-refractivity contribution is 5.67. The van der Waals surface area contributed by atoms with Gasteiger partial charge in [0.1, 0.15) is 17.4 Å². The molecule has 1 heterocycles. The molecule has 0 aromatic heterocycles. The summed E-state index contributed by atoms with van der Waals surface area (Å²) in [4.78, 5) is 12.2. The van der Waals surface area contributed by atoms with Gasteiger partial charge in [0.05, 0.1) is 13.1 Å². The quantitative estimate of drug-likeness (QED) is 0.947. The normalized spacial score (nSPS) is 16.0. The van der Waals surface area contributed by atoms with Crippen LogP contribution in [0.25, 0.3) is 0 Å². The maximum Gasteiger partial charge on any atom is 0.407 e. The fourth-order valence-electron chi connectivity index (χ4n) is 2.52. The molecule has 6 heteroatoms. The minimum absolute atomic E-state index is 0.102. The maximum absolute atomic E-state index is 13.3. The third-order valence-electron chi connectivity index (χ3n) is 3.64. The van der Waals surface area contributed by atoms with Crippen molar-refractivity contribution in [2.75, 3.05) is 13.1 Å². The molecule has 4 nitrogen and oxygen atoms in total. The van der Waals surface area contributed by atoms with Gasteiger partial charge >= 0.3 is 6.09 Å². The first-order valence-corrected chi connectivity index (χ1v) is 6.67. The second kappa shape index (κ2) is 5.29. The van der Waals surface area contributed by atoms with Crippen molar-refractivity contribution in [3.05, 3.63) is 65.7 Å². The summed E-state index contributed by atoms with van der Waals surface area (Å²) in [5.41, 5.74) is -0.282. The Kier molecular flexibility index (Phi) is 3.44. The summed E-state index contributed by atoms with van der Waals surface area (Å²) in [6.45, 7) is 0.203. The highest BCUT2D eigenvalue weighted by atomic mass is 19.1. The van der Waals surface area contributed by atoms with E-state index in [9.17, 15) is 13.6 Å². The second-order valence-electron chi connectivity index (χ2n) is 5.20. The van der Waals surface area contributed by atoms with Gasteiger partial charge in [-0.3, -0.25) is 4.90 Å². The molecular formula is C16H13F2NO3. The molecular weight excluding hydrogens is 292 g/mol. The van der Waals surface area contributed by atoms with E-state index in [2.05, 4.69) is 0 Å². The summed E-state index contributed by atoms with van der Waals surface area (Å²) in [7, 11) is 0. The van der Waals surface area contributed by atoms with Gasteiger partial charge in [0.15, 0.2) is 5.60 Å². The lowest BCUT2D eigenvalue weighted by molar-refractivity contribution is -0.0695. The van der Waals surface area contributed by atoms with Crippen molar-refractivity contribution in [1.82, 2.24) is 4.90 Å². The van der Waals surface area contributed by atoms with Gasteiger partial charge in [0, 0.05) is 6.07 Å². The fraction of sp³-hybridized carbons (Fsp3) is 0.188. The molecule has 1 fully saturated rings. The van der Waals surface area contributed by atoms with Crippen LogP contribution >= 0.6 is 0 Å². The number of benzene rings is 2. The number of nitrogens with zero attached hydrogens (tertiary/aromatic N) is 1. The van der Waals surface area contributed by atoms with Gasteiger partial charge < -0.3 is 9.84 Å². The van der Waals surface area contributed by atoms with E-state index in [4.69, 9.17) is 9.84 Å². The molecule has 0 radical (unpaired) electrons. The fourth-order valence-corrected chi connectivity index (χ4v) is 2.52. The average Bonchev–Trinajstić information content (AvgIpc) is 2.43. The number of hydrogen-bond donors (Lipinski definition) is 1. The molecule has 1 saturated heterocycles. The number of halogens is 2. The Hall–Kier alpha value is -2.63. The zero-order valence-corrected chi connectivity index (χ0v) is 11.5. The number of amides is 1. The molecule has 1 amide bonds. The molecule has 0 unspecified atom stereocenters. The van der Waals surface area contributed by atoms with Crippen LogP contribution in [0, 0.1) is 11.6 Å². The zero-order valence-electron chi connectivity index (χ0n) is 11.5. The third kappa shape index (κ3) is 2.59. The van der Waals surface area contributed by atoms with Crippen molar-refractivity contribution in [1.29, 1.82) is 0 Å². The van der Waals surface area contributed by atoms with Crippen LogP contribution in [-0.4, -0.2) is 29.2 Å². The predicted molar refractivity (Wildman–Crippen MR) is 74.7 cm³/mol. The SMILES string of the molecule is O=C(O)N1CC(Oc2cccc(F)c2)(c2ccc(F)cc2)C1. The van der Waals surface area contributed by atoms with Crippen LogP contribution in [0.4, 0.5) is 13.6 Å². The Balaban J connectivity index is 1.91. The van der Waals surface area contributed by atoms with Crippen molar-refractivity contribution < 1.29 is 23.4 Å². The number of rotatable bonds is 3. The summed E-state index contributed by atoms with van der Waals surface area (Å²) >= 11 is 0. The van der Waals surface area contributed by atoms with Gasteiger partial charge in [-0.15, -0.1) is 0 Å². The van der Waals surface area contributed by atoms with Crippen LogP contribution in [0.3, 0.4) is 0 Å². The molecule has 0 bridgehead atoms. The summed E-state index contributed by atoms with van der Waals surface area (Å²) in [6.07, 6.45) is -1.06. The van der Waals surface area contributed by atoms with Crippen molar-refractivity contribution >= 4 is 6.09 Å². The van der Waals surface area contributed by atoms with Crippen molar-refractivity contribution in [3.63, 3.8) is 0 Å². The molecule has 1 aliphatic heterocycles. The summed E-state index contributed by atoms with van der Waals surface area (Å²) in [5.74, 6) is -0.533. The molecule has 114 valence electrons. The molecule has 1 N–H and O–H groups in total. The van der Waals surface area contributed by atoms with E-state index < -0.39 is 17.5 Å². The molecule has 0 atom stereocenters. The topological polar surface area (TPSA) is 49.8 Å². The Morgan fingerprint density at radius 1 is 1.09 bits per heavy atom. The zero-order chi connectivity index (χ0) is 15.7. The van der Waals surface area contributed by atoms with E-state index in [1.165, 1.54) is 35.2 Å².